The lowest BCUT2D eigenvalue weighted by atomic mass is 9.95. The van der Waals surface area contributed by atoms with Gasteiger partial charge in [0.15, 0.2) is 5.78 Å². The molecule has 0 heterocycles. The zero-order valence-corrected chi connectivity index (χ0v) is 19.2. The van der Waals surface area contributed by atoms with Crippen LogP contribution in [0, 0.1) is 0 Å². The van der Waals surface area contributed by atoms with Gasteiger partial charge < -0.3 is 27.2 Å². The number of aliphatic hydroxyl groups excluding tert-OH is 1. The lowest BCUT2D eigenvalue weighted by Crippen LogP contribution is -2.46. The van der Waals surface area contributed by atoms with Gasteiger partial charge in [-0.3, -0.25) is 14.4 Å². The molecule has 0 aliphatic rings. The van der Waals surface area contributed by atoms with Crippen molar-refractivity contribution in [2.24, 2.45) is 11.5 Å². The van der Waals surface area contributed by atoms with Crippen molar-refractivity contribution in [2.45, 2.75) is 52.5 Å². The second kappa shape index (κ2) is 19.0. The van der Waals surface area contributed by atoms with Crippen LogP contribution in [0.1, 0.15) is 52.0 Å². The summed E-state index contributed by atoms with van der Waals surface area (Å²) in [5.41, 5.74) is 11.7. The van der Waals surface area contributed by atoms with Crippen molar-refractivity contribution in [1.29, 1.82) is 0 Å². The summed E-state index contributed by atoms with van der Waals surface area (Å²) in [5.74, 6) is -1.44. The highest BCUT2D eigenvalue weighted by molar-refractivity contribution is 6.30. The van der Waals surface area contributed by atoms with Crippen LogP contribution in [0.5, 0.6) is 0 Å². The number of Topliss-reactive ketones (excluding diaryl/α,β-unsaturated/α-hetero) is 1. The van der Waals surface area contributed by atoms with Crippen LogP contribution in [-0.2, 0) is 14.4 Å². The van der Waals surface area contributed by atoms with E-state index in [9.17, 15) is 14.4 Å². The molecule has 7 N–H and O–H groups in total. The predicted molar refractivity (Wildman–Crippen MR) is 121 cm³/mol. The van der Waals surface area contributed by atoms with E-state index in [1.54, 1.807) is 31.2 Å². The number of nitrogens with two attached hydrogens (primary N) is 2. The highest BCUT2D eigenvalue weighted by atomic mass is 35.5. The first kappa shape index (κ1) is 30.2. The Morgan fingerprint density at radius 2 is 1.70 bits per heavy atom. The summed E-state index contributed by atoms with van der Waals surface area (Å²) in [5, 5.41) is 13.2. The molecule has 0 spiro atoms. The number of ketones is 1. The van der Waals surface area contributed by atoms with Gasteiger partial charge in [0.2, 0.25) is 11.8 Å². The standard InChI is InChI=1S/C17H25ClN4O3.C2H6O.C2H6/c1-11(23)15(6-8-20)22-16(24)10-21-17(25)14(5-7-19)12-3-2-4-13(18)9-12;1-2-3;1-2/h2-4,9,14-15H,5-8,10,19-20H2,1H3,(H,21,25)(H,22,24);3H,2H2,1H3;1-2H3. The first-order valence-corrected chi connectivity index (χ1v) is 10.5. The average molecular weight is 445 g/mol. The van der Waals surface area contributed by atoms with E-state index in [4.69, 9.17) is 28.2 Å². The normalized spacial score (nSPS) is 11.6. The number of hydrogen-bond donors (Lipinski definition) is 5. The van der Waals surface area contributed by atoms with Crippen LogP contribution in [0.25, 0.3) is 0 Å². The minimum atomic E-state index is -0.637. The SMILES string of the molecule is CC.CC(=O)C(CCN)NC(=O)CNC(=O)C(CCN)c1cccc(Cl)c1.CCO. The van der Waals surface area contributed by atoms with Crippen LogP contribution in [0.15, 0.2) is 24.3 Å². The molecular weight excluding hydrogens is 408 g/mol. The summed E-state index contributed by atoms with van der Waals surface area (Å²) < 4.78 is 0. The molecule has 30 heavy (non-hydrogen) atoms. The number of carbonyl (C=O) groups excluding carboxylic acids is 3. The van der Waals surface area contributed by atoms with Crippen molar-refractivity contribution in [2.75, 3.05) is 26.2 Å². The Bertz CT molecular complexity index is 629. The third kappa shape index (κ3) is 13.3. The van der Waals surface area contributed by atoms with Crippen molar-refractivity contribution < 1.29 is 19.5 Å². The number of nitrogens with one attached hydrogen (secondary N) is 2. The van der Waals surface area contributed by atoms with Gasteiger partial charge in [-0.1, -0.05) is 37.6 Å². The number of benzene rings is 1. The maximum Gasteiger partial charge on any atom is 0.239 e. The van der Waals surface area contributed by atoms with Crippen molar-refractivity contribution in [1.82, 2.24) is 10.6 Å². The van der Waals surface area contributed by atoms with Gasteiger partial charge in [0.25, 0.3) is 0 Å². The van der Waals surface area contributed by atoms with E-state index in [-0.39, 0.29) is 31.4 Å². The molecule has 2 unspecified atom stereocenters. The van der Waals surface area contributed by atoms with Crippen molar-refractivity contribution in [3.05, 3.63) is 34.9 Å². The number of aliphatic hydroxyl groups is 1. The molecule has 2 amide bonds. The van der Waals surface area contributed by atoms with E-state index < -0.39 is 17.9 Å². The molecule has 1 aromatic carbocycles. The van der Waals surface area contributed by atoms with E-state index in [0.717, 1.165) is 5.56 Å². The number of amides is 2. The molecule has 1 rings (SSSR count). The summed E-state index contributed by atoms with van der Waals surface area (Å²) in [4.78, 5) is 35.8. The second-order valence-electron chi connectivity index (χ2n) is 6.03. The average Bonchev–Trinajstić information content (AvgIpc) is 2.72. The van der Waals surface area contributed by atoms with Gasteiger partial charge in [-0.05, 0) is 57.5 Å². The fourth-order valence-electron chi connectivity index (χ4n) is 2.42. The van der Waals surface area contributed by atoms with Crippen LogP contribution in [0.4, 0.5) is 0 Å². The van der Waals surface area contributed by atoms with Crippen LogP contribution >= 0.6 is 11.6 Å². The fourth-order valence-corrected chi connectivity index (χ4v) is 2.62. The molecule has 0 fully saturated rings. The van der Waals surface area contributed by atoms with Crippen LogP contribution in [-0.4, -0.2) is 55.0 Å². The van der Waals surface area contributed by atoms with E-state index in [1.165, 1.54) is 6.92 Å². The van der Waals surface area contributed by atoms with Gasteiger partial charge in [-0.15, -0.1) is 0 Å². The Hall–Kier alpha value is -2.00. The number of rotatable bonds is 10. The highest BCUT2D eigenvalue weighted by Gasteiger charge is 2.22. The van der Waals surface area contributed by atoms with Crippen molar-refractivity contribution in [3.8, 4) is 0 Å². The molecule has 0 bridgehead atoms. The molecule has 2 atom stereocenters. The molecule has 0 radical (unpaired) electrons. The lowest BCUT2D eigenvalue weighted by Gasteiger charge is -2.18. The van der Waals surface area contributed by atoms with E-state index >= 15 is 0 Å². The van der Waals surface area contributed by atoms with Gasteiger partial charge in [-0.2, -0.15) is 0 Å². The third-order valence-corrected chi connectivity index (χ3v) is 3.96. The minimum Gasteiger partial charge on any atom is -0.397 e. The van der Waals surface area contributed by atoms with Gasteiger partial charge in [0, 0.05) is 11.6 Å². The maximum atomic E-state index is 12.4. The molecule has 0 saturated heterocycles. The first-order chi connectivity index (χ1) is 14.3. The fraction of sp³-hybridized carbons (Fsp3) is 0.571. The van der Waals surface area contributed by atoms with Gasteiger partial charge >= 0.3 is 0 Å². The summed E-state index contributed by atoms with van der Waals surface area (Å²) in [7, 11) is 0. The molecule has 0 saturated carbocycles. The monoisotopic (exact) mass is 444 g/mol. The van der Waals surface area contributed by atoms with Crippen LogP contribution in [0.2, 0.25) is 5.02 Å². The molecule has 8 nitrogen and oxygen atoms in total. The lowest BCUT2D eigenvalue weighted by molar-refractivity contribution is -0.129. The van der Waals surface area contributed by atoms with Gasteiger partial charge in [0.05, 0.1) is 18.5 Å². The predicted octanol–water partition coefficient (Wildman–Crippen LogP) is 1.34. The summed E-state index contributed by atoms with van der Waals surface area (Å²) in [6, 6.07) is 6.33. The summed E-state index contributed by atoms with van der Waals surface area (Å²) in [6.45, 7) is 7.69. The number of halogens is 1. The Kier molecular flexibility index (Phi) is 19.1. The Morgan fingerprint density at radius 1 is 1.13 bits per heavy atom. The van der Waals surface area contributed by atoms with Crippen molar-refractivity contribution in [3.63, 3.8) is 0 Å². The van der Waals surface area contributed by atoms with Gasteiger partial charge in [0.1, 0.15) is 0 Å². The zero-order chi connectivity index (χ0) is 23.5. The summed E-state index contributed by atoms with van der Waals surface area (Å²) in [6.07, 6.45) is 0.782. The molecule has 172 valence electrons. The highest BCUT2D eigenvalue weighted by Crippen LogP contribution is 2.22. The largest absolute Gasteiger partial charge is 0.397 e. The van der Waals surface area contributed by atoms with Crippen molar-refractivity contribution >= 4 is 29.2 Å². The Labute approximate surface area is 184 Å². The molecule has 9 heteroatoms. The van der Waals surface area contributed by atoms with E-state index in [0.29, 0.717) is 24.4 Å². The molecule has 1 aromatic rings. The van der Waals surface area contributed by atoms with E-state index in [1.807, 2.05) is 13.8 Å². The number of hydrogen-bond acceptors (Lipinski definition) is 6. The summed E-state index contributed by atoms with van der Waals surface area (Å²) >= 11 is 5.97. The first-order valence-electron chi connectivity index (χ1n) is 10.1. The smallest absolute Gasteiger partial charge is 0.239 e. The van der Waals surface area contributed by atoms with Crippen LogP contribution in [0.3, 0.4) is 0 Å². The molecule has 0 aliphatic heterocycles. The zero-order valence-electron chi connectivity index (χ0n) is 18.4. The van der Waals surface area contributed by atoms with Crippen LogP contribution < -0.4 is 22.1 Å². The molecule has 0 aromatic heterocycles. The topological polar surface area (TPSA) is 148 Å². The van der Waals surface area contributed by atoms with Gasteiger partial charge in [-0.25, -0.2) is 0 Å². The second-order valence-corrected chi connectivity index (χ2v) is 6.46. The Balaban J connectivity index is 0. The Morgan fingerprint density at radius 3 is 2.17 bits per heavy atom. The minimum absolute atomic E-state index is 0.176. The van der Waals surface area contributed by atoms with E-state index in [2.05, 4.69) is 10.6 Å². The molecule has 0 aliphatic carbocycles. The maximum absolute atomic E-state index is 12.4. The number of carbonyl (C=O) groups is 3. The molecular formula is C21H37ClN4O4. The quantitative estimate of drug-likeness (QED) is 0.367. The third-order valence-electron chi connectivity index (χ3n) is 3.73.